The molecule has 6 nitrogen and oxygen atoms in total. The van der Waals surface area contributed by atoms with Crippen LogP contribution in [0.1, 0.15) is 35.6 Å². The Hall–Kier alpha value is -3.22. The lowest BCUT2D eigenvalue weighted by atomic mass is 9.99. The van der Waals surface area contributed by atoms with Gasteiger partial charge in [0.05, 0.1) is 17.2 Å². The van der Waals surface area contributed by atoms with Crippen molar-refractivity contribution < 1.29 is 23.8 Å². The number of halogens is 2. The number of ether oxygens (including phenoxy) is 1. The van der Waals surface area contributed by atoms with E-state index in [2.05, 4.69) is 0 Å². The van der Waals surface area contributed by atoms with Crippen LogP contribution in [0.3, 0.4) is 0 Å². The van der Waals surface area contributed by atoms with Gasteiger partial charge in [0.15, 0.2) is 0 Å². The zero-order valence-electron chi connectivity index (χ0n) is 18.2. The molecule has 0 aliphatic carbocycles. The average molecular weight is 486 g/mol. The van der Waals surface area contributed by atoms with E-state index in [9.17, 15) is 14.7 Å². The lowest BCUT2D eigenvalue weighted by molar-refractivity contribution is -0.132. The maximum atomic E-state index is 13.2. The number of amides is 1. The Morgan fingerprint density at radius 2 is 1.82 bits per heavy atom. The second kappa shape index (κ2) is 8.96. The summed E-state index contributed by atoms with van der Waals surface area (Å²) < 4.78 is 11.3. The van der Waals surface area contributed by atoms with Crippen molar-refractivity contribution >= 4 is 46.3 Å². The number of aliphatic hydroxyl groups excluding tert-OH is 1. The van der Waals surface area contributed by atoms with Gasteiger partial charge >= 0.3 is 0 Å². The SMILES string of the molecule is CCOc1cc(/C(O)=C2/C(=O)C(=O)N(c3ccc(C)c(Cl)c3)C2c2ccc(C)o2)ccc1Cl. The van der Waals surface area contributed by atoms with E-state index in [4.69, 9.17) is 32.4 Å². The van der Waals surface area contributed by atoms with Crippen LogP contribution >= 0.6 is 23.2 Å². The number of ketones is 1. The quantitative estimate of drug-likeness (QED) is 0.263. The van der Waals surface area contributed by atoms with Crippen LogP contribution in [0.2, 0.25) is 10.0 Å². The molecule has 1 aromatic heterocycles. The van der Waals surface area contributed by atoms with Crippen molar-refractivity contribution in [3.05, 3.63) is 86.8 Å². The van der Waals surface area contributed by atoms with Gasteiger partial charge in [-0.05, 0) is 68.8 Å². The van der Waals surface area contributed by atoms with E-state index in [0.717, 1.165) is 5.56 Å². The zero-order valence-corrected chi connectivity index (χ0v) is 19.7. The fraction of sp³-hybridized carbons (Fsp3) is 0.200. The first-order chi connectivity index (χ1) is 15.7. The van der Waals surface area contributed by atoms with Crippen molar-refractivity contribution in [1.82, 2.24) is 0 Å². The molecule has 0 spiro atoms. The van der Waals surface area contributed by atoms with Gasteiger partial charge in [0, 0.05) is 16.3 Å². The minimum Gasteiger partial charge on any atom is -0.507 e. The number of Topliss-reactive ketones (excluding diaryl/α,β-unsaturated/α-hetero) is 1. The Kier molecular flexibility index (Phi) is 6.23. The first-order valence-corrected chi connectivity index (χ1v) is 11.0. The molecule has 1 amide bonds. The molecular weight excluding hydrogens is 465 g/mol. The van der Waals surface area contributed by atoms with Crippen LogP contribution in [0.25, 0.3) is 5.76 Å². The lowest BCUT2D eigenvalue weighted by Gasteiger charge is -2.24. The molecule has 2 heterocycles. The summed E-state index contributed by atoms with van der Waals surface area (Å²) in [5.74, 6) is -0.698. The van der Waals surface area contributed by atoms with Crippen molar-refractivity contribution in [3.63, 3.8) is 0 Å². The molecule has 1 N–H and O–H groups in total. The molecule has 3 aromatic rings. The van der Waals surface area contributed by atoms with Gasteiger partial charge in [0.2, 0.25) is 0 Å². The van der Waals surface area contributed by atoms with Crippen LogP contribution in [0.5, 0.6) is 5.75 Å². The van der Waals surface area contributed by atoms with Crippen LogP contribution in [0, 0.1) is 13.8 Å². The van der Waals surface area contributed by atoms with Crippen molar-refractivity contribution in [2.75, 3.05) is 11.5 Å². The molecule has 1 atom stereocenters. The van der Waals surface area contributed by atoms with Gasteiger partial charge in [-0.25, -0.2) is 0 Å². The zero-order chi connectivity index (χ0) is 23.9. The smallest absolute Gasteiger partial charge is 0.300 e. The fourth-order valence-electron chi connectivity index (χ4n) is 3.77. The summed E-state index contributed by atoms with van der Waals surface area (Å²) in [5, 5.41) is 12.0. The van der Waals surface area contributed by atoms with E-state index in [-0.39, 0.29) is 16.9 Å². The number of hydrogen-bond donors (Lipinski definition) is 1. The number of carbonyl (C=O) groups excluding carboxylic acids is 2. The van der Waals surface area contributed by atoms with Crippen molar-refractivity contribution in [2.45, 2.75) is 26.8 Å². The van der Waals surface area contributed by atoms with E-state index in [1.807, 2.05) is 6.92 Å². The summed E-state index contributed by atoms with van der Waals surface area (Å²) in [5.41, 5.74) is 1.43. The highest BCUT2D eigenvalue weighted by Gasteiger charge is 2.48. The second-order valence-corrected chi connectivity index (χ2v) is 8.44. The van der Waals surface area contributed by atoms with Gasteiger partial charge in [-0.1, -0.05) is 29.3 Å². The monoisotopic (exact) mass is 485 g/mol. The number of benzene rings is 2. The van der Waals surface area contributed by atoms with Crippen LogP contribution in [0.4, 0.5) is 5.69 Å². The molecule has 0 radical (unpaired) electrons. The van der Waals surface area contributed by atoms with Crippen LogP contribution in [0.15, 0.2) is 58.5 Å². The number of nitrogens with zero attached hydrogens (tertiary/aromatic N) is 1. The van der Waals surface area contributed by atoms with Crippen LogP contribution in [-0.2, 0) is 9.59 Å². The predicted octanol–water partition coefficient (Wildman–Crippen LogP) is 6.23. The molecule has 1 aliphatic rings. The van der Waals surface area contributed by atoms with Crippen molar-refractivity contribution in [3.8, 4) is 5.75 Å². The number of hydrogen-bond acceptors (Lipinski definition) is 5. The number of aliphatic hydroxyl groups is 1. The molecule has 1 saturated heterocycles. The molecule has 8 heteroatoms. The molecule has 1 fully saturated rings. The number of rotatable bonds is 5. The molecule has 0 saturated carbocycles. The largest absolute Gasteiger partial charge is 0.507 e. The Balaban J connectivity index is 1.92. The third kappa shape index (κ3) is 4.12. The Morgan fingerprint density at radius 3 is 2.45 bits per heavy atom. The van der Waals surface area contributed by atoms with Gasteiger partial charge < -0.3 is 14.3 Å². The third-order valence-corrected chi connectivity index (χ3v) is 6.13. The molecular formula is C25H21Cl2NO5. The first-order valence-electron chi connectivity index (χ1n) is 10.3. The average Bonchev–Trinajstić information content (AvgIpc) is 3.32. The first kappa shape index (κ1) is 23.0. The van der Waals surface area contributed by atoms with Crippen molar-refractivity contribution in [2.24, 2.45) is 0 Å². The van der Waals surface area contributed by atoms with Gasteiger partial charge in [-0.2, -0.15) is 0 Å². The fourth-order valence-corrected chi connectivity index (χ4v) is 4.12. The Labute approximate surface area is 201 Å². The molecule has 2 aromatic carbocycles. The summed E-state index contributed by atoms with van der Waals surface area (Å²) in [7, 11) is 0. The maximum absolute atomic E-state index is 13.2. The lowest BCUT2D eigenvalue weighted by Crippen LogP contribution is -2.29. The summed E-state index contributed by atoms with van der Waals surface area (Å²) in [6, 6.07) is 12.1. The number of anilines is 1. The minimum atomic E-state index is -0.983. The molecule has 33 heavy (non-hydrogen) atoms. The van der Waals surface area contributed by atoms with E-state index < -0.39 is 17.7 Å². The minimum absolute atomic E-state index is 0.101. The van der Waals surface area contributed by atoms with Crippen LogP contribution < -0.4 is 9.64 Å². The number of aryl methyl sites for hydroxylation is 2. The Morgan fingerprint density at radius 1 is 1.06 bits per heavy atom. The van der Waals surface area contributed by atoms with Crippen molar-refractivity contribution in [1.29, 1.82) is 0 Å². The summed E-state index contributed by atoms with van der Waals surface area (Å²) >= 11 is 12.5. The molecule has 1 aliphatic heterocycles. The molecule has 1 unspecified atom stereocenters. The predicted molar refractivity (Wildman–Crippen MR) is 127 cm³/mol. The molecule has 170 valence electrons. The highest BCUT2D eigenvalue weighted by Crippen LogP contribution is 2.43. The van der Waals surface area contributed by atoms with E-state index in [1.165, 1.54) is 11.0 Å². The van der Waals surface area contributed by atoms with Crippen LogP contribution in [-0.4, -0.2) is 23.4 Å². The Bertz CT molecular complexity index is 1290. The standard InChI is InChI=1S/C25H21Cl2NO5/c1-4-32-20-11-15(7-9-17(20)26)23(29)21-22(19-10-6-14(3)33-19)28(25(31)24(21)30)16-8-5-13(2)18(27)12-16/h5-12,22,29H,4H2,1-3H3/b23-21-. The van der Waals surface area contributed by atoms with Gasteiger partial charge in [-0.3, -0.25) is 14.5 Å². The summed E-state index contributed by atoms with van der Waals surface area (Å²) in [6.45, 7) is 5.77. The number of carbonyl (C=O) groups is 2. The van der Waals surface area contributed by atoms with E-state index >= 15 is 0 Å². The van der Waals surface area contributed by atoms with Gasteiger partial charge in [0.1, 0.15) is 29.1 Å². The van der Waals surface area contributed by atoms with E-state index in [1.54, 1.807) is 56.3 Å². The van der Waals surface area contributed by atoms with E-state index in [0.29, 0.717) is 39.6 Å². The number of furan rings is 1. The topological polar surface area (TPSA) is 80.0 Å². The van der Waals surface area contributed by atoms with Gasteiger partial charge in [0.25, 0.3) is 11.7 Å². The molecule has 0 bridgehead atoms. The summed E-state index contributed by atoms with van der Waals surface area (Å²) in [4.78, 5) is 27.6. The summed E-state index contributed by atoms with van der Waals surface area (Å²) in [6.07, 6.45) is 0. The highest BCUT2D eigenvalue weighted by molar-refractivity contribution is 6.51. The normalized spacial score (nSPS) is 17.6. The maximum Gasteiger partial charge on any atom is 0.300 e. The van der Waals surface area contributed by atoms with Gasteiger partial charge in [-0.15, -0.1) is 0 Å². The molecule has 4 rings (SSSR count). The highest BCUT2D eigenvalue weighted by atomic mass is 35.5. The third-order valence-electron chi connectivity index (χ3n) is 5.41. The second-order valence-electron chi connectivity index (χ2n) is 7.63.